The summed E-state index contributed by atoms with van der Waals surface area (Å²) < 4.78 is 0. The predicted octanol–water partition coefficient (Wildman–Crippen LogP) is 6.00. The maximum atomic E-state index is 6.07. The number of aromatic nitrogens is 2. The highest BCUT2D eigenvalue weighted by molar-refractivity contribution is 6.30. The molecule has 1 heterocycles. The lowest BCUT2D eigenvalue weighted by Crippen LogP contribution is -2.00. The van der Waals surface area contributed by atoms with Crippen LogP contribution in [0.4, 0.5) is 11.6 Å². The van der Waals surface area contributed by atoms with E-state index in [1.165, 1.54) is 5.56 Å². The number of rotatable bonds is 3. The molecule has 1 N–H and O–H groups in total. The van der Waals surface area contributed by atoms with E-state index >= 15 is 0 Å². The molecule has 3 aromatic carbocycles. The minimum Gasteiger partial charge on any atom is -0.324 e. The van der Waals surface area contributed by atoms with Crippen LogP contribution in [-0.2, 0) is 0 Å². The molecule has 0 aliphatic rings. The maximum Gasteiger partial charge on any atom is 0.228 e. The quantitative estimate of drug-likeness (QED) is 0.494. The van der Waals surface area contributed by atoms with Crippen LogP contribution in [0, 0.1) is 6.92 Å². The number of fused-ring (bicyclic) bond motifs is 1. The Labute approximate surface area is 151 Å². The van der Waals surface area contributed by atoms with E-state index in [1.54, 1.807) is 0 Å². The topological polar surface area (TPSA) is 37.8 Å². The highest BCUT2D eigenvalue weighted by Gasteiger charge is 2.10. The van der Waals surface area contributed by atoms with E-state index in [1.807, 2.05) is 48.5 Å². The average molecular weight is 346 g/mol. The molecule has 0 spiro atoms. The van der Waals surface area contributed by atoms with Crippen molar-refractivity contribution in [1.82, 2.24) is 9.97 Å². The third-order valence-corrected chi connectivity index (χ3v) is 4.21. The van der Waals surface area contributed by atoms with E-state index in [4.69, 9.17) is 16.6 Å². The molecule has 4 heteroatoms. The second-order valence-electron chi connectivity index (χ2n) is 5.92. The summed E-state index contributed by atoms with van der Waals surface area (Å²) >= 11 is 6.07. The minimum absolute atomic E-state index is 0.553. The van der Waals surface area contributed by atoms with Gasteiger partial charge in [-0.1, -0.05) is 59.6 Å². The molecule has 0 aliphatic carbocycles. The maximum absolute atomic E-state index is 6.07. The Morgan fingerprint density at radius 3 is 2.48 bits per heavy atom. The van der Waals surface area contributed by atoms with Crippen LogP contribution in [0.3, 0.4) is 0 Å². The molecule has 122 valence electrons. The zero-order valence-corrected chi connectivity index (χ0v) is 14.5. The monoisotopic (exact) mass is 345 g/mol. The Bertz CT molecular complexity index is 1050. The van der Waals surface area contributed by atoms with E-state index < -0.39 is 0 Å². The smallest absolute Gasteiger partial charge is 0.228 e. The van der Waals surface area contributed by atoms with Crippen molar-refractivity contribution in [3.05, 3.63) is 83.4 Å². The summed E-state index contributed by atoms with van der Waals surface area (Å²) in [5.41, 5.74) is 4.93. The molecule has 0 aliphatic heterocycles. The number of halogens is 1. The first-order chi connectivity index (χ1) is 12.2. The lowest BCUT2D eigenvalue weighted by molar-refractivity contribution is 1.21. The number of nitrogens with zero attached hydrogens (tertiary/aromatic N) is 2. The van der Waals surface area contributed by atoms with Gasteiger partial charge in [-0.25, -0.2) is 9.97 Å². The first-order valence-corrected chi connectivity index (χ1v) is 8.43. The fourth-order valence-electron chi connectivity index (χ4n) is 2.81. The zero-order valence-electron chi connectivity index (χ0n) is 13.7. The molecular weight excluding hydrogens is 330 g/mol. The molecule has 3 nitrogen and oxygen atoms in total. The number of benzene rings is 3. The van der Waals surface area contributed by atoms with Crippen molar-refractivity contribution in [2.75, 3.05) is 5.32 Å². The number of hydrogen-bond donors (Lipinski definition) is 1. The molecule has 4 rings (SSSR count). The number of nitrogens with one attached hydrogen (secondary N) is 1. The van der Waals surface area contributed by atoms with Crippen LogP contribution in [0.2, 0.25) is 5.02 Å². The standard InChI is InChI=1S/C21H16ClN3/c1-14-10-11-19-18(12-14)20(15-6-3-2-4-7-15)25-21(24-19)23-17-9-5-8-16(22)13-17/h2-13H,1H3,(H,23,24,25). The second kappa shape index (κ2) is 6.54. The molecule has 0 fully saturated rings. The summed E-state index contributed by atoms with van der Waals surface area (Å²) in [7, 11) is 0. The van der Waals surface area contributed by atoms with Crippen LogP contribution in [0.1, 0.15) is 5.56 Å². The molecule has 4 aromatic rings. The molecule has 0 atom stereocenters. The summed E-state index contributed by atoms with van der Waals surface area (Å²) in [5, 5.41) is 4.97. The molecule has 0 bridgehead atoms. The highest BCUT2D eigenvalue weighted by atomic mass is 35.5. The van der Waals surface area contributed by atoms with Gasteiger partial charge >= 0.3 is 0 Å². The van der Waals surface area contributed by atoms with E-state index in [9.17, 15) is 0 Å². The van der Waals surface area contributed by atoms with Crippen molar-refractivity contribution in [3.8, 4) is 11.3 Å². The van der Waals surface area contributed by atoms with Crippen LogP contribution in [0.15, 0.2) is 72.8 Å². The van der Waals surface area contributed by atoms with Gasteiger partial charge in [0.05, 0.1) is 11.2 Å². The van der Waals surface area contributed by atoms with Gasteiger partial charge in [-0.15, -0.1) is 0 Å². The summed E-state index contributed by atoms with van der Waals surface area (Å²) in [6.07, 6.45) is 0. The zero-order chi connectivity index (χ0) is 17.2. The third kappa shape index (κ3) is 3.32. The van der Waals surface area contributed by atoms with E-state index in [-0.39, 0.29) is 0 Å². The van der Waals surface area contributed by atoms with Crippen LogP contribution in [-0.4, -0.2) is 9.97 Å². The van der Waals surface area contributed by atoms with Gasteiger partial charge in [0.25, 0.3) is 0 Å². The Morgan fingerprint density at radius 1 is 0.840 bits per heavy atom. The molecule has 0 saturated heterocycles. The predicted molar refractivity (Wildman–Crippen MR) is 104 cm³/mol. The van der Waals surface area contributed by atoms with Crippen LogP contribution in [0.25, 0.3) is 22.2 Å². The van der Waals surface area contributed by atoms with Gasteiger partial charge in [-0.2, -0.15) is 0 Å². The number of hydrogen-bond acceptors (Lipinski definition) is 3. The molecule has 0 radical (unpaired) electrons. The van der Waals surface area contributed by atoms with Crippen molar-refractivity contribution in [1.29, 1.82) is 0 Å². The molecule has 0 saturated carbocycles. The van der Waals surface area contributed by atoms with Gasteiger partial charge in [0.2, 0.25) is 5.95 Å². The molecule has 0 unspecified atom stereocenters. The lowest BCUT2D eigenvalue weighted by atomic mass is 10.0. The fraction of sp³-hybridized carbons (Fsp3) is 0.0476. The SMILES string of the molecule is Cc1ccc2nc(Nc3cccc(Cl)c3)nc(-c3ccccc3)c2c1. The largest absolute Gasteiger partial charge is 0.324 e. The first-order valence-electron chi connectivity index (χ1n) is 8.05. The Hall–Kier alpha value is -2.91. The van der Waals surface area contributed by atoms with Gasteiger partial charge in [0.1, 0.15) is 0 Å². The number of aryl methyl sites for hydroxylation is 1. The van der Waals surface area contributed by atoms with Crippen molar-refractivity contribution < 1.29 is 0 Å². The number of anilines is 2. The van der Waals surface area contributed by atoms with Crippen molar-refractivity contribution >= 4 is 34.1 Å². The minimum atomic E-state index is 0.553. The average Bonchev–Trinajstić information content (AvgIpc) is 2.62. The van der Waals surface area contributed by atoms with Crippen molar-refractivity contribution in [2.45, 2.75) is 6.92 Å². The Balaban J connectivity index is 1.88. The van der Waals surface area contributed by atoms with Gasteiger partial charge in [-0.05, 0) is 37.3 Å². The lowest BCUT2D eigenvalue weighted by Gasteiger charge is -2.11. The third-order valence-electron chi connectivity index (χ3n) is 3.98. The molecule has 0 amide bonds. The summed E-state index contributed by atoms with van der Waals surface area (Å²) in [6.45, 7) is 2.08. The van der Waals surface area contributed by atoms with Gasteiger partial charge in [-0.3, -0.25) is 0 Å². The van der Waals surface area contributed by atoms with Gasteiger partial charge < -0.3 is 5.32 Å². The Morgan fingerprint density at radius 2 is 1.68 bits per heavy atom. The molecule has 1 aromatic heterocycles. The Kier molecular flexibility index (Phi) is 4.08. The molecule has 25 heavy (non-hydrogen) atoms. The fourth-order valence-corrected chi connectivity index (χ4v) is 3.00. The summed E-state index contributed by atoms with van der Waals surface area (Å²) in [4.78, 5) is 9.43. The van der Waals surface area contributed by atoms with Gasteiger partial charge in [0, 0.05) is 21.7 Å². The summed E-state index contributed by atoms with van der Waals surface area (Å²) in [5.74, 6) is 0.553. The summed E-state index contributed by atoms with van der Waals surface area (Å²) in [6, 6.07) is 23.9. The van der Waals surface area contributed by atoms with E-state index in [0.29, 0.717) is 11.0 Å². The van der Waals surface area contributed by atoms with Crippen LogP contribution < -0.4 is 5.32 Å². The van der Waals surface area contributed by atoms with Crippen molar-refractivity contribution in [3.63, 3.8) is 0 Å². The highest BCUT2D eigenvalue weighted by Crippen LogP contribution is 2.29. The normalized spacial score (nSPS) is 10.8. The van der Waals surface area contributed by atoms with Crippen molar-refractivity contribution in [2.24, 2.45) is 0 Å². The first kappa shape index (κ1) is 15.6. The van der Waals surface area contributed by atoms with Crippen LogP contribution in [0.5, 0.6) is 0 Å². The van der Waals surface area contributed by atoms with Crippen LogP contribution >= 0.6 is 11.6 Å². The van der Waals surface area contributed by atoms with E-state index in [2.05, 4.69) is 41.5 Å². The van der Waals surface area contributed by atoms with E-state index in [0.717, 1.165) is 27.8 Å². The molecular formula is C21H16ClN3. The van der Waals surface area contributed by atoms with Gasteiger partial charge in [0.15, 0.2) is 0 Å². The second-order valence-corrected chi connectivity index (χ2v) is 6.35.